The van der Waals surface area contributed by atoms with Crippen LogP contribution in [-0.4, -0.2) is 39.3 Å². The molecule has 0 saturated carbocycles. The van der Waals surface area contributed by atoms with Crippen molar-refractivity contribution in [3.63, 3.8) is 0 Å². The second-order valence-corrected chi connectivity index (χ2v) is 7.98. The van der Waals surface area contributed by atoms with Crippen molar-refractivity contribution in [3.05, 3.63) is 96.1 Å². The molecule has 4 nitrogen and oxygen atoms in total. The van der Waals surface area contributed by atoms with Gasteiger partial charge in [0.05, 0.1) is 0 Å². The van der Waals surface area contributed by atoms with Gasteiger partial charge in [0.15, 0.2) is 11.5 Å². The Morgan fingerprint density at radius 3 is 1.77 bits per heavy atom. The quantitative estimate of drug-likeness (QED) is 0.567. The molecule has 0 amide bonds. The smallest absolute Gasteiger partial charge is 0.161 e. The van der Waals surface area contributed by atoms with Crippen LogP contribution in [-0.2, 0) is 13.2 Å². The third-order valence-corrected chi connectivity index (χ3v) is 5.76. The Labute approximate surface area is 179 Å². The highest BCUT2D eigenvalue weighted by Gasteiger charge is 2.22. The van der Waals surface area contributed by atoms with E-state index in [9.17, 15) is 0 Å². The second kappa shape index (κ2) is 10.8. The van der Waals surface area contributed by atoms with Gasteiger partial charge in [-0.15, -0.1) is 0 Å². The maximum Gasteiger partial charge on any atom is 0.161 e. The summed E-state index contributed by atoms with van der Waals surface area (Å²) in [6.07, 6.45) is 0. The van der Waals surface area contributed by atoms with E-state index in [1.807, 2.05) is 42.5 Å². The summed E-state index contributed by atoms with van der Waals surface area (Å²) in [6.45, 7) is 8.30. The lowest BCUT2D eigenvalue weighted by Gasteiger charge is -2.29. The van der Waals surface area contributed by atoms with Crippen LogP contribution >= 0.6 is 0 Å². The van der Waals surface area contributed by atoms with E-state index in [1.54, 1.807) is 9.80 Å². The molecule has 0 spiro atoms. The fraction of sp³-hybridized carbons (Fsp3) is 0.308. The molecule has 0 radical (unpaired) electrons. The molecule has 4 rings (SSSR count). The van der Waals surface area contributed by atoms with Crippen molar-refractivity contribution in [2.75, 3.05) is 39.3 Å². The molecular formula is C26H32N2O2+2. The van der Waals surface area contributed by atoms with E-state index >= 15 is 0 Å². The molecule has 0 aromatic heterocycles. The van der Waals surface area contributed by atoms with Crippen LogP contribution in [0.2, 0.25) is 0 Å². The molecule has 0 unspecified atom stereocenters. The van der Waals surface area contributed by atoms with E-state index in [0.717, 1.165) is 36.8 Å². The first-order valence-electron chi connectivity index (χ1n) is 11.0. The zero-order valence-corrected chi connectivity index (χ0v) is 17.6. The highest BCUT2D eigenvalue weighted by atomic mass is 16.5. The van der Waals surface area contributed by atoms with E-state index in [-0.39, 0.29) is 0 Å². The van der Waals surface area contributed by atoms with Crippen molar-refractivity contribution in [2.24, 2.45) is 0 Å². The summed E-state index contributed by atoms with van der Waals surface area (Å²) >= 11 is 0. The Hall–Kier alpha value is -2.82. The molecule has 0 aliphatic carbocycles. The van der Waals surface area contributed by atoms with Crippen LogP contribution in [0.4, 0.5) is 0 Å². The number of hydrogen-bond acceptors (Lipinski definition) is 2. The normalized spacial score (nSPS) is 18.7. The van der Waals surface area contributed by atoms with Gasteiger partial charge in [0.25, 0.3) is 0 Å². The number of quaternary nitrogens is 2. The Morgan fingerprint density at radius 1 is 0.567 bits per heavy atom. The number of rotatable bonds is 9. The molecule has 0 atom stereocenters. The van der Waals surface area contributed by atoms with Crippen molar-refractivity contribution in [3.8, 4) is 11.5 Å². The summed E-state index contributed by atoms with van der Waals surface area (Å²) in [5.41, 5.74) is 2.60. The second-order valence-electron chi connectivity index (χ2n) is 7.98. The minimum atomic E-state index is 0.554. The Kier molecular flexibility index (Phi) is 7.37. The molecule has 1 saturated heterocycles. The minimum absolute atomic E-state index is 0.554. The van der Waals surface area contributed by atoms with Crippen LogP contribution < -0.4 is 19.3 Å². The lowest BCUT2D eigenvalue weighted by molar-refractivity contribution is -1.02. The maximum absolute atomic E-state index is 6.10. The largest absolute Gasteiger partial charge is 0.485 e. The van der Waals surface area contributed by atoms with Gasteiger partial charge in [-0.3, -0.25) is 0 Å². The third kappa shape index (κ3) is 6.09. The van der Waals surface area contributed by atoms with E-state index in [4.69, 9.17) is 9.47 Å². The molecule has 2 N–H and O–H groups in total. The van der Waals surface area contributed by atoms with Crippen LogP contribution in [0.15, 0.2) is 84.9 Å². The van der Waals surface area contributed by atoms with Crippen molar-refractivity contribution in [1.29, 1.82) is 0 Å². The van der Waals surface area contributed by atoms with Crippen molar-refractivity contribution >= 4 is 0 Å². The van der Waals surface area contributed by atoms with E-state index < -0.39 is 0 Å². The van der Waals surface area contributed by atoms with E-state index in [2.05, 4.69) is 42.5 Å². The van der Waals surface area contributed by atoms with Gasteiger partial charge in [0, 0.05) is 5.56 Å². The van der Waals surface area contributed by atoms with Crippen LogP contribution in [0.5, 0.6) is 11.5 Å². The number of hydrogen-bond donors (Lipinski definition) is 2. The van der Waals surface area contributed by atoms with Crippen molar-refractivity contribution in [2.45, 2.75) is 13.2 Å². The molecule has 1 aliphatic rings. The Balaban J connectivity index is 1.20. The SMILES string of the molecule is c1ccc(COc2ccccc2OCC[NH+]2CC[NH+](Cc3ccccc3)CC2)cc1. The fourth-order valence-electron chi connectivity index (χ4n) is 4.00. The van der Waals surface area contributed by atoms with Gasteiger partial charge >= 0.3 is 0 Å². The maximum atomic E-state index is 6.10. The molecule has 4 heteroatoms. The first kappa shape index (κ1) is 20.5. The van der Waals surface area contributed by atoms with E-state index in [0.29, 0.717) is 6.61 Å². The van der Waals surface area contributed by atoms with Gasteiger partial charge in [-0.05, 0) is 17.7 Å². The summed E-state index contributed by atoms with van der Waals surface area (Å²) < 4.78 is 12.1. The predicted molar refractivity (Wildman–Crippen MR) is 119 cm³/mol. The van der Waals surface area contributed by atoms with Crippen LogP contribution in [0.3, 0.4) is 0 Å². The first-order valence-corrected chi connectivity index (χ1v) is 11.0. The monoisotopic (exact) mass is 404 g/mol. The number of benzene rings is 3. The van der Waals surface area contributed by atoms with Crippen molar-refractivity contribution in [1.82, 2.24) is 0 Å². The van der Waals surface area contributed by atoms with Gasteiger partial charge in [-0.1, -0.05) is 72.8 Å². The summed E-state index contributed by atoms with van der Waals surface area (Å²) in [7, 11) is 0. The lowest BCUT2D eigenvalue weighted by atomic mass is 10.2. The summed E-state index contributed by atoms with van der Waals surface area (Å²) in [6, 6.07) is 29.0. The molecular weight excluding hydrogens is 372 g/mol. The lowest BCUT2D eigenvalue weighted by Crippen LogP contribution is -3.27. The van der Waals surface area contributed by atoms with Gasteiger partial charge < -0.3 is 19.3 Å². The minimum Gasteiger partial charge on any atom is -0.485 e. The zero-order chi connectivity index (χ0) is 20.4. The standard InChI is InChI=1S/C26H30N2O2/c1-3-9-23(10-4-1)21-28-17-15-27(16-18-28)19-20-29-25-13-7-8-14-26(25)30-22-24-11-5-2-6-12-24/h1-14H,15-22H2/p+2. The molecule has 1 heterocycles. The summed E-state index contributed by atoms with van der Waals surface area (Å²) in [5, 5.41) is 0. The number of nitrogens with one attached hydrogen (secondary N) is 2. The molecule has 30 heavy (non-hydrogen) atoms. The molecule has 1 fully saturated rings. The zero-order valence-electron chi connectivity index (χ0n) is 17.6. The predicted octanol–water partition coefficient (Wildman–Crippen LogP) is 1.63. The summed E-state index contributed by atoms with van der Waals surface area (Å²) in [4.78, 5) is 3.32. The fourth-order valence-corrected chi connectivity index (χ4v) is 4.00. The summed E-state index contributed by atoms with van der Waals surface area (Å²) in [5.74, 6) is 1.65. The van der Waals surface area contributed by atoms with Crippen molar-refractivity contribution < 1.29 is 19.3 Å². The molecule has 3 aromatic carbocycles. The highest BCUT2D eigenvalue weighted by Crippen LogP contribution is 2.27. The number of ether oxygens (including phenoxy) is 2. The Bertz CT molecular complexity index is 878. The number of piperazine rings is 1. The topological polar surface area (TPSA) is 27.3 Å². The van der Waals surface area contributed by atoms with Crippen LogP contribution in [0, 0.1) is 0 Å². The average molecular weight is 405 g/mol. The van der Waals surface area contributed by atoms with Gasteiger partial charge in [0.1, 0.15) is 52.5 Å². The first-order chi connectivity index (χ1) is 14.9. The Morgan fingerprint density at radius 2 is 1.10 bits per heavy atom. The van der Waals surface area contributed by atoms with Crippen LogP contribution in [0.1, 0.15) is 11.1 Å². The molecule has 156 valence electrons. The molecule has 0 bridgehead atoms. The van der Waals surface area contributed by atoms with Gasteiger partial charge in [-0.25, -0.2) is 0 Å². The molecule has 3 aromatic rings. The van der Waals surface area contributed by atoms with E-state index in [1.165, 1.54) is 31.7 Å². The molecule has 1 aliphatic heterocycles. The average Bonchev–Trinajstić information content (AvgIpc) is 2.81. The third-order valence-electron chi connectivity index (χ3n) is 5.76. The van der Waals surface area contributed by atoms with Gasteiger partial charge in [0.2, 0.25) is 0 Å². The van der Waals surface area contributed by atoms with Crippen LogP contribution in [0.25, 0.3) is 0 Å². The highest BCUT2D eigenvalue weighted by molar-refractivity contribution is 5.39. The number of para-hydroxylation sites is 2. The van der Waals surface area contributed by atoms with Gasteiger partial charge in [-0.2, -0.15) is 0 Å².